The molecule has 1 heterocycles. The molecular formula is C16H26BrCl3N2. The van der Waals surface area contributed by atoms with Gasteiger partial charge in [-0.1, -0.05) is 53.7 Å². The summed E-state index contributed by atoms with van der Waals surface area (Å²) in [5, 5.41) is 4.27. The molecule has 1 N–H and O–H groups in total. The average Bonchev–Trinajstić information content (AvgIpc) is 2.48. The lowest BCUT2D eigenvalue weighted by molar-refractivity contribution is 0.162. The molecule has 0 spiro atoms. The van der Waals surface area contributed by atoms with Gasteiger partial charge in [-0.2, -0.15) is 0 Å². The Hall–Kier alpha value is 0.490. The highest BCUT2D eigenvalue weighted by molar-refractivity contribution is 9.10. The van der Waals surface area contributed by atoms with Crippen molar-refractivity contribution in [3.8, 4) is 0 Å². The van der Waals surface area contributed by atoms with Crippen LogP contribution in [0.2, 0.25) is 5.02 Å². The van der Waals surface area contributed by atoms with Gasteiger partial charge >= 0.3 is 0 Å². The molecular weight excluding hydrogens is 406 g/mol. The van der Waals surface area contributed by atoms with Crippen molar-refractivity contribution in [3.63, 3.8) is 0 Å². The predicted molar refractivity (Wildman–Crippen MR) is 105 cm³/mol. The molecule has 2 nitrogen and oxygen atoms in total. The van der Waals surface area contributed by atoms with Crippen LogP contribution < -0.4 is 5.32 Å². The van der Waals surface area contributed by atoms with E-state index in [0.29, 0.717) is 6.04 Å². The number of unbranched alkanes of at least 4 members (excludes halogenated alkanes) is 2. The molecule has 0 bridgehead atoms. The molecule has 2 rings (SSSR count). The second-order valence-corrected chi connectivity index (χ2v) is 6.75. The topological polar surface area (TPSA) is 15.3 Å². The van der Waals surface area contributed by atoms with Crippen LogP contribution in [0.15, 0.2) is 22.7 Å². The minimum atomic E-state index is 0. The molecule has 1 fully saturated rings. The van der Waals surface area contributed by atoms with Crippen molar-refractivity contribution < 1.29 is 0 Å². The fraction of sp³-hybridized carbons (Fsp3) is 0.625. The fourth-order valence-corrected chi connectivity index (χ4v) is 3.58. The van der Waals surface area contributed by atoms with E-state index < -0.39 is 0 Å². The van der Waals surface area contributed by atoms with E-state index in [9.17, 15) is 0 Å². The van der Waals surface area contributed by atoms with Crippen LogP contribution in [0.25, 0.3) is 0 Å². The number of halogens is 4. The van der Waals surface area contributed by atoms with E-state index in [4.69, 9.17) is 11.6 Å². The Morgan fingerprint density at radius 3 is 2.55 bits per heavy atom. The van der Waals surface area contributed by atoms with Gasteiger partial charge in [-0.05, 0) is 30.2 Å². The van der Waals surface area contributed by atoms with E-state index in [1.165, 1.54) is 35.7 Å². The van der Waals surface area contributed by atoms with Crippen LogP contribution >= 0.6 is 52.3 Å². The highest BCUT2D eigenvalue weighted by atomic mass is 79.9. The third-order valence-corrected chi connectivity index (χ3v) is 4.95. The van der Waals surface area contributed by atoms with Gasteiger partial charge in [-0.3, -0.25) is 4.90 Å². The Morgan fingerprint density at radius 2 is 1.91 bits per heavy atom. The van der Waals surface area contributed by atoms with Crippen molar-refractivity contribution in [2.75, 3.05) is 26.2 Å². The third-order valence-electron chi connectivity index (χ3n) is 3.99. The highest BCUT2D eigenvalue weighted by Gasteiger charge is 2.23. The summed E-state index contributed by atoms with van der Waals surface area (Å²) in [4.78, 5) is 2.60. The number of nitrogens with zero attached hydrogens (tertiary/aromatic N) is 1. The summed E-state index contributed by atoms with van der Waals surface area (Å²) in [7, 11) is 0. The van der Waals surface area contributed by atoms with E-state index in [0.717, 1.165) is 31.2 Å². The second kappa shape index (κ2) is 11.9. The minimum absolute atomic E-state index is 0. The standard InChI is InChI=1S/C16H24BrClN2.2ClH/c1-2-3-4-5-16(20-10-8-19-9-11-20)14-12-13(18)6-7-15(14)17;;/h6-7,12,16,19H,2-5,8-11H2,1H3;2*1H/t16-;;/m0../s1. The number of hydrogen-bond acceptors (Lipinski definition) is 2. The molecule has 0 radical (unpaired) electrons. The SMILES string of the molecule is CCCCC[C@@H](c1cc(Cl)ccc1Br)N1CCNCC1.Cl.Cl. The summed E-state index contributed by atoms with van der Waals surface area (Å²) in [5.74, 6) is 0. The van der Waals surface area contributed by atoms with Gasteiger partial charge in [-0.25, -0.2) is 0 Å². The molecule has 0 aliphatic carbocycles. The summed E-state index contributed by atoms with van der Waals surface area (Å²) in [6.07, 6.45) is 5.07. The van der Waals surface area contributed by atoms with Crippen LogP contribution in [0, 0.1) is 0 Å². The van der Waals surface area contributed by atoms with Crippen LogP contribution in [0.3, 0.4) is 0 Å². The van der Waals surface area contributed by atoms with Gasteiger partial charge in [-0.15, -0.1) is 24.8 Å². The van der Waals surface area contributed by atoms with Crippen molar-refractivity contribution >= 4 is 52.3 Å². The molecule has 0 amide bonds. The Bertz CT molecular complexity index is 426. The smallest absolute Gasteiger partial charge is 0.0410 e. The lowest BCUT2D eigenvalue weighted by Crippen LogP contribution is -2.45. The molecule has 128 valence electrons. The van der Waals surface area contributed by atoms with Crippen molar-refractivity contribution in [2.24, 2.45) is 0 Å². The van der Waals surface area contributed by atoms with E-state index >= 15 is 0 Å². The van der Waals surface area contributed by atoms with Crippen LogP contribution in [0.1, 0.15) is 44.2 Å². The second-order valence-electron chi connectivity index (χ2n) is 5.46. The zero-order valence-corrected chi connectivity index (χ0v) is 17.0. The van der Waals surface area contributed by atoms with Crippen LogP contribution in [0.4, 0.5) is 0 Å². The number of benzene rings is 1. The third kappa shape index (κ3) is 6.54. The first-order valence-electron chi connectivity index (χ1n) is 7.62. The number of nitrogens with one attached hydrogen (secondary N) is 1. The quantitative estimate of drug-likeness (QED) is 0.600. The van der Waals surface area contributed by atoms with Crippen molar-refractivity contribution in [3.05, 3.63) is 33.3 Å². The molecule has 0 saturated carbocycles. The van der Waals surface area contributed by atoms with Crippen molar-refractivity contribution in [1.82, 2.24) is 10.2 Å². The normalized spacial score (nSPS) is 16.5. The minimum Gasteiger partial charge on any atom is -0.314 e. The van der Waals surface area contributed by atoms with Crippen LogP contribution in [0.5, 0.6) is 0 Å². The highest BCUT2D eigenvalue weighted by Crippen LogP contribution is 2.34. The lowest BCUT2D eigenvalue weighted by Gasteiger charge is -2.36. The van der Waals surface area contributed by atoms with E-state index in [-0.39, 0.29) is 24.8 Å². The number of rotatable bonds is 6. The number of hydrogen-bond donors (Lipinski definition) is 1. The van der Waals surface area contributed by atoms with E-state index in [2.05, 4.69) is 45.2 Å². The maximum Gasteiger partial charge on any atom is 0.0410 e. The van der Waals surface area contributed by atoms with Crippen molar-refractivity contribution in [1.29, 1.82) is 0 Å². The molecule has 1 aliphatic heterocycles. The molecule has 1 aromatic rings. The first-order valence-corrected chi connectivity index (χ1v) is 8.79. The zero-order chi connectivity index (χ0) is 14.4. The Balaban J connectivity index is 0.00000220. The van der Waals surface area contributed by atoms with Crippen molar-refractivity contribution in [2.45, 2.75) is 38.6 Å². The van der Waals surface area contributed by atoms with Crippen LogP contribution in [-0.4, -0.2) is 31.1 Å². The molecule has 22 heavy (non-hydrogen) atoms. The largest absolute Gasteiger partial charge is 0.314 e. The van der Waals surface area contributed by atoms with Gasteiger partial charge in [0, 0.05) is 41.7 Å². The summed E-state index contributed by atoms with van der Waals surface area (Å²) in [5.41, 5.74) is 1.34. The maximum absolute atomic E-state index is 6.21. The molecule has 1 atom stereocenters. The Morgan fingerprint density at radius 1 is 1.23 bits per heavy atom. The molecule has 0 unspecified atom stereocenters. The zero-order valence-electron chi connectivity index (χ0n) is 13.0. The van der Waals surface area contributed by atoms with Gasteiger partial charge in [0.15, 0.2) is 0 Å². The van der Waals surface area contributed by atoms with Crippen LogP contribution in [-0.2, 0) is 0 Å². The molecule has 1 aromatic carbocycles. The predicted octanol–water partition coefficient (Wildman–Crippen LogP) is 5.47. The van der Waals surface area contributed by atoms with E-state index in [1.807, 2.05) is 6.07 Å². The molecule has 1 aliphatic rings. The summed E-state index contributed by atoms with van der Waals surface area (Å²) in [6.45, 7) is 6.67. The Labute approximate surface area is 160 Å². The molecule has 6 heteroatoms. The summed E-state index contributed by atoms with van der Waals surface area (Å²) >= 11 is 9.92. The number of piperazine rings is 1. The Kier molecular flexibility index (Phi) is 12.2. The monoisotopic (exact) mass is 430 g/mol. The fourth-order valence-electron chi connectivity index (χ4n) is 2.89. The molecule has 1 saturated heterocycles. The van der Waals surface area contributed by atoms with Gasteiger partial charge in [0.25, 0.3) is 0 Å². The van der Waals surface area contributed by atoms with E-state index in [1.54, 1.807) is 0 Å². The first kappa shape index (κ1) is 22.5. The summed E-state index contributed by atoms with van der Waals surface area (Å²) in [6, 6.07) is 6.64. The van der Waals surface area contributed by atoms with Gasteiger partial charge in [0.1, 0.15) is 0 Å². The maximum atomic E-state index is 6.21. The molecule has 0 aromatic heterocycles. The average molecular weight is 433 g/mol. The lowest BCUT2D eigenvalue weighted by atomic mass is 9.98. The summed E-state index contributed by atoms with van der Waals surface area (Å²) < 4.78 is 1.18. The van der Waals surface area contributed by atoms with Gasteiger partial charge in [0.2, 0.25) is 0 Å². The first-order chi connectivity index (χ1) is 9.72. The van der Waals surface area contributed by atoms with Gasteiger partial charge < -0.3 is 5.32 Å². The van der Waals surface area contributed by atoms with Gasteiger partial charge in [0.05, 0.1) is 0 Å².